The fourth-order valence-corrected chi connectivity index (χ4v) is 2.35. The van der Waals surface area contributed by atoms with Crippen LogP contribution < -0.4 is 0 Å². The zero-order valence-electron chi connectivity index (χ0n) is 8.05. The van der Waals surface area contributed by atoms with Crippen molar-refractivity contribution in [1.29, 1.82) is 0 Å². The normalized spacial score (nSPS) is 28.4. The van der Waals surface area contributed by atoms with E-state index in [1.54, 1.807) is 0 Å². The van der Waals surface area contributed by atoms with Gasteiger partial charge in [0.1, 0.15) is 0 Å². The predicted molar refractivity (Wildman–Crippen MR) is 52.5 cm³/mol. The molecule has 2 rings (SSSR count). The quantitative estimate of drug-likeness (QED) is 0.594. The second-order valence-electron chi connectivity index (χ2n) is 3.96. The average Bonchev–Trinajstić information content (AvgIpc) is 2.56. The Kier molecular flexibility index (Phi) is 2.08. The standard InChI is InChI=1S/C11H15NO/c1-3-4-12-6-9-5-11(13)8(2)10(9)7-12/h3,9H,1,4-7H2,2H3/t9-/m0/s1. The van der Waals surface area contributed by atoms with Crippen LogP contribution in [0.4, 0.5) is 0 Å². The molecule has 1 fully saturated rings. The lowest BCUT2D eigenvalue weighted by molar-refractivity contribution is -0.115. The first-order valence-corrected chi connectivity index (χ1v) is 4.78. The SMILES string of the molecule is C=CCN1CC2=C(C)C(=O)C[C@H]2C1. The maximum absolute atomic E-state index is 11.4. The van der Waals surface area contributed by atoms with Gasteiger partial charge >= 0.3 is 0 Å². The number of nitrogens with zero attached hydrogens (tertiary/aromatic N) is 1. The van der Waals surface area contributed by atoms with Gasteiger partial charge in [-0.05, 0) is 18.1 Å². The Morgan fingerprint density at radius 2 is 2.46 bits per heavy atom. The van der Waals surface area contributed by atoms with Gasteiger partial charge in [-0.3, -0.25) is 9.69 Å². The Labute approximate surface area is 78.9 Å². The molecule has 0 spiro atoms. The number of fused-ring (bicyclic) bond motifs is 1. The Morgan fingerprint density at radius 3 is 3.08 bits per heavy atom. The van der Waals surface area contributed by atoms with E-state index in [1.807, 2.05) is 13.0 Å². The first-order chi connectivity index (χ1) is 6.22. The lowest BCUT2D eigenvalue weighted by atomic mass is 10.1. The molecule has 0 saturated carbocycles. The molecule has 1 heterocycles. The number of ketones is 1. The second-order valence-corrected chi connectivity index (χ2v) is 3.96. The molecule has 1 saturated heterocycles. The Hall–Kier alpha value is -0.890. The zero-order valence-corrected chi connectivity index (χ0v) is 8.05. The number of allylic oxidation sites excluding steroid dienone is 1. The Morgan fingerprint density at radius 1 is 1.69 bits per heavy atom. The molecular formula is C11H15NO. The molecule has 0 aromatic rings. The second kappa shape index (κ2) is 3.11. The minimum absolute atomic E-state index is 0.359. The lowest BCUT2D eigenvalue weighted by Gasteiger charge is -2.12. The summed E-state index contributed by atoms with van der Waals surface area (Å²) in [6, 6.07) is 0. The molecule has 2 nitrogen and oxygen atoms in total. The van der Waals surface area contributed by atoms with Gasteiger partial charge in [-0.2, -0.15) is 0 Å². The number of likely N-dealkylation sites (tertiary alicyclic amines) is 1. The molecule has 0 amide bonds. The van der Waals surface area contributed by atoms with Crippen LogP contribution in [0, 0.1) is 5.92 Å². The number of Topliss-reactive ketones (excluding diaryl/α,β-unsaturated/α-hetero) is 1. The van der Waals surface area contributed by atoms with E-state index in [2.05, 4.69) is 11.5 Å². The summed E-state index contributed by atoms with van der Waals surface area (Å²) in [4.78, 5) is 13.7. The third-order valence-electron chi connectivity index (χ3n) is 3.08. The molecule has 1 aliphatic carbocycles. The molecule has 1 atom stereocenters. The Balaban J connectivity index is 2.14. The molecule has 0 radical (unpaired) electrons. The van der Waals surface area contributed by atoms with E-state index in [0.29, 0.717) is 11.7 Å². The van der Waals surface area contributed by atoms with Crippen LogP contribution in [0.5, 0.6) is 0 Å². The summed E-state index contributed by atoms with van der Waals surface area (Å²) in [5.41, 5.74) is 2.41. The van der Waals surface area contributed by atoms with Crippen LogP contribution in [0.25, 0.3) is 0 Å². The van der Waals surface area contributed by atoms with E-state index in [4.69, 9.17) is 0 Å². The number of hydrogen-bond donors (Lipinski definition) is 0. The van der Waals surface area contributed by atoms with Gasteiger partial charge in [0.05, 0.1) is 0 Å². The highest BCUT2D eigenvalue weighted by molar-refractivity contribution is 5.98. The molecule has 2 aliphatic rings. The van der Waals surface area contributed by atoms with Gasteiger partial charge in [-0.15, -0.1) is 6.58 Å². The number of hydrogen-bond acceptors (Lipinski definition) is 2. The first-order valence-electron chi connectivity index (χ1n) is 4.78. The third kappa shape index (κ3) is 1.35. The van der Waals surface area contributed by atoms with Gasteiger partial charge in [0.25, 0.3) is 0 Å². The summed E-state index contributed by atoms with van der Waals surface area (Å²) < 4.78 is 0. The number of carbonyl (C=O) groups excluding carboxylic acids is 1. The van der Waals surface area contributed by atoms with Gasteiger partial charge in [-0.25, -0.2) is 0 Å². The van der Waals surface area contributed by atoms with E-state index in [-0.39, 0.29) is 0 Å². The lowest BCUT2D eigenvalue weighted by Crippen LogP contribution is -2.21. The highest BCUT2D eigenvalue weighted by atomic mass is 16.1. The first kappa shape index (κ1) is 8.70. The van der Waals surface area contributed by atoms with Crippen molar-refractivity contribution in [3.63, 3.8) is 0 Å². The molecule has 0 aromatic carbocycles. The third-order valence-corrected chi connectivity index (χ3v) is 3.08. The van der Waals surface area contributed by atoms with Crippen LogP contribution in [-0.2, 0) is 4.79 Å². The van der Waals surface area contributed by atoms with Gasteiger partial charge in [-0.1, -0.05) is 6.08 Å². The molecule has 1 aliphatic heterocycles. The van der Waals surface area contributed by atoms with Crippen LogP contribution in [-0.4, -0.2) is 30.3 Å². The van der Waals surface area contributed by atoms with E-state index >= 15 is 0 Å². The van der Waals surface area contributed by atoms with Crippen LogP contribution in [0.1, 0.15) is 13.3 Å². The van der Waals surface area contributed by atoms with Gasteiger partial charge in [0.15, 0.2) is 5.78 Å². The van der Waals surface area contributed by atoms with Crippen molar-refractivity contribution in [2.24, 2.45) is 5.92 Å². The predicted octanol–water partition coefficient (Wildman–Crippen LogP) is 1.39. The highest BCUT2D eigenvalue weighted by Crippen LogP contribution is 2.35. The number of carbonyl (C=O) groups is 1. The van der Waals surface area contributed by atoms with E-state index in [9.17, 15) is 4.79 Å². The minimum atomic E-state index is 0.359. The minimum Gasteiger partial charge on any atom is -0.295 e. The van der Waals surface area contributed by atoms with Gasteiger partial charge in [0.2, 0.25) is 0 Å². The fourth-order valence-electron chi connectivity index (χ4n) is 2.35. The topological polar surface area (TPSA) is 20.3 Å². The van der Waals surface area contributed by atoms with E-state index in [0.717, 1.165) is 31.6 Å². The maximum Gasteiger partial charge on any atom is 0.159 e. The smallest absolute Gasteiger partial charge is 0.159 e. The van der Waals surface area contributed by atoms with Gasteiger partial charge in [0, 0.05) is 32.0 Å². The van der Waals surface area contributed by atoms with Gasteiger partial charge < -0.3 is 0 Å². The van der Waals surface area contributed by atoms with Crippen molar-refractivity contribution in [1.82, 2.24) is 4.90 Å². The monoisotopic (exact) mass is 177 g/mol. The summed E-state index contributed by atoms with van der Waals surface area (Å²) >= 11 is 0. The zero-order chi connectivity index (χ0) is 9.42. The van der Waals surface area contributed by atoms with Crippen molar-refractivity contribution in [3.05, 3.63) is 23.8 Å². The molecular weight excluding hydrogens is 162 g/mol. The van der Waals surface area contributed by atoms with Crippen LogP contribution in [0.15, 0.2) is 23.8 Å². The molecule has 0 unspecified atom stereocenters. The molecule has 0 aromatic heterocycles. The van der Waals surface area contributed by atoms with Crippen molar-refractivity contribution >= 4 is 5.78 Å². The van der Waals surface area contributed by atoms with Crippen LogP contribution in [0.3, 0.4) is 0 Å². The summed E-state index contributed by atoms with van der Waals surface area (Å²) in [6.07, 6.45) is 2.67. The maximum atomic E-state index is 11.4. The number of rotatable bonds is 2. The van der Waals surface area contributed by atoms with Crippen molar-refractivity contribution < 1.29 is 4.79 Å². The average molecular weight is 177 g/mol. The van der Waals surface area contributed by atoms with Crippen molar-refractivity contribution in [3.8, 4) is 0 Å². The highest BCUT2D eigenvalue weighted by Gasteiger charge is 2.35. The van der Waals surface area contributed by atoms with Crippen molar-refractivity contribution in [2.75, 3.05) is 19.6 Å². The summed E-state index contributed by atoms with van der Waals surface area (Å²) in [5, 5.41) is 0. The molecule has 13 heavy (non-hydrogen) atoms. The van der Waals surface area contributed by atoms with E-state index in [1.165, 1.54) is 5.57 Å². The summed E-state index contributed by atoms with van der Waals surface area (Å²) in [5.74, 6) is 0.880. The van der Waals surface area contributed by atoms with E-state index < -0.39 is 0 Å². The molecule has 0 N–H and O–H groups in total. The van der Waals surface area contributed by atoms with Crippen LogP contribution >= 0.6 is 0 Å². The summed E-state index contributed by atoms with van der Waals surface area (Å²) in [6.45, 7) is 8.67. The largest absolute Gasteiger partial charge is 0.295 e. The molecule has 70 valence electrons. The van der Waals surface area contributed by atoms with Crippen LogP contribution in [0.2, 0.25) is 0 Å². The fraction of sp³-hybridized carbons (Fsp3) is 0.545. The summed E-state index contributed by atoms with van der Waals surface area (Å²) in [7, 11) is 0. The molecule has 2 heteroatoms. The van der Waals surface area contributed by atoms with Crippen molar-refractivity contribution in [2.45, 2.75) is 13.3 Å². The molecule has 0 bridgehead atoms. The Bertz CT molecular complexity index is 290.